The first-order valence-corrected chi connectivity index (χ1v) is 14.0. The summed E-state index contributed by atoms with van der Waals surface area (Å²) in [5, 5.41) is 0. The summed E-state index contributed by atoms with van der Waals surface area (Å²) in [5.41, 5.74) is -0.166. The van der Waals surface area contributed by atoms with Crippen molar-refractivity contribution in [2.24, 2.45) is 0 Å². The van der Waals surface area contributed by atoms with Crippen molar-refractivity contribution in [1.29, 1.82) is 0 Å². The van der Waals surface area contributed by atoms with Gasteiger partial charge in [-0.05, 0) is 36.8 Å². The predicted molar refractivity (Wildman–Crippen MR) is 132 cm³/mol. The van der Waals surface area contributed by atoms with Gasteiger partial charge in [-0.3, -0.25) is 4.90 Å². The van der Waals surface area contributed by atoms with E-state index < -0.39 is 27.6 Å². The summed E-state index contributed by atoms with van der Waals surface area (Å²) >= 11 is 0. The number of rotatable bonds is 11. The Labute approximate surface area is 211 Å². The minimum absolute atomic E-state index is 0.00193. The van der Waals surface area contributed by atoms with E-state index in [1.165, 1.54) is 22.7 Å². The van der Waals surface area contributed by atoms with E-state index in [9.17, 15) is 26.0 Å². The molecule has 0 bridgehead atoms. The fourth-order valence-electron chi connectivity index (χ4n) is 4.55. The molecular formula is C26H34F4N2O3S. The average Bonchev–Trinajstić information content (AvgIpc) is 2.82. The van der Waals surface area contributed by atoms with Gasteiger partial charge in [0.1, 0.15) is 5.82 Å². The van der Waals surface area contributed by atoms with E-state index in [2.05, 4.69) is 0 Å². The molecule has 0 aliphatic carbocycles. The maximum absolute atomic E-state index is 14.7. The van der Waals surface area contributed by atoms with E-state index in [0.29, 0.717) is 39.2 Å². The third-order valence-corrected chi connectivity index (χ3v) is 7.73. The number of piperidine rings is 1. The number of halogens is 4. The number of hydrogen-bond donors (Lipinski definition) is 0. The van der Waals surface area contributed by atoms with Gasteiger partial charge in [-0.1, -0.05) is 49.4 Å². The summed E-state index contributed by atoms with van der Waals surface area (Å²) in [7, 11) is -3.27. The first-order valence-electron chi connectivity index (χ1n) is 12.1. The van der Waals surface area contributed by atoms with E-state index in [4.69, 9.17) is 4.74 Å². The molecule has 0 radical (unpaired) electrons. The number of nitrogens with zero attached hydrogens (tertiary/aromatic N) is 2. The Hall–Kier alpha value is -2.01. The van der Waals surface area contributed by atoms with Crippen LogP contribution in [0.2, 0.25) is 0 Å². The maximum Gasteiger partial charge on any atom is 0.419 e. The monoisotopic (exact) mass is 530 g/mol. The van der Waals surface area contributed by atoms with Crippen LogP contribution >= 0.6 is 0 Å². The molecule has 0 saturated carbocycles. The van der Waals surface area contributed by atoms with Gasteiger partial charge >= 0.3 is 6.18 Å². The predicted octanol–water partition coefficient (Wildman–Crippen LogP) is 5.28. The van der Waals surface area contributed by atoms with Crippen molar-refractivity contribution in [2.75, 3.05) is 39.0 Å². The number of hydrogen-bond acceptors (Lipinski definition) is 4. The molecule has 1 saturated heterocycles. The molecule has 3 rings (SSSR count). The number of ether oxygens (including phenoxy) is 1. The van der Waals surface area contributed by atoms with Crippen LogP contribution in [0.3, 0.4) is 0 Å². The SMILES string of the molecule is CC(CN(CCCOC1CCCN(S(C)(=O)=O)C1)Cc1cccc(C(F)(F)F)c1F)c1ccccc1. The Morgan fingerprint density at radius 2 is 1.86 bits per heavy atom. The quantitative estimate of drug-likeness (QED) is 0.293. The molecule has 2 unspecified atom stereocenters. The highest BCUT2D eigenvalue weighted by Gasteiger charge is 2.35. The van der Waals surface area contributed by atoms with Crippen molar-refractivity contribution >= 4 is 10.0 Å². The molecule has 0 N–H and O–H groups in total. The average molecular weight is 531 g/mol. The lowest BCUT2D eigenvalue weighted by Crippen LogP contribution is -2.42. The van der Waals surface area contributed by atoms with Crippen molar-refractivity contribution in [3.63, 3.8) is 0 Å². The van der Waals surface area contributed by atoms with Gasteiger partial charge in [0.05, 0.1) is 17.9 Å². The van der Waals surface area contributed by atoms with Gasteiger partial charge in [-0.25, -0.2) is 12.8 Å². The van der Waals surface area contributed by atoms with Crippen LogP contribution in [-0.2, 0) is 27.5 Å². The highest BCUT2D eigenvalue weighted by Crippen LogP contribution is 2.33. The smallest absolute Gasteiger partial charge is 0.377 e. The molecule has 1 heterocycles. The zero-order chi connectivity index (χ0) is 26.3. The minimum atomic E-state index is -4.75. The summed E-state index contributed by atoms with van der Waals surface area (Å²) in [4.78, 5) is 1.95. The van der Waals surface area contributed by atoms with Gasteiger partial charge < -0.3 is 4.74 Å². The van der Waals surface area contributed by atoms with Crippen LogP contribution in [-0.4, -0.2) is 62.8 Å². The van der Waals surface area contributed by atoms with E-state index in [0.717, 1.165) is 24.5 Å². The fourth-order valence-corrected chi connectivity index (χ4v) is 5.45. The lowest BCUT2D eigenvalue weighted by molar-refractivity contribution is -0.140. The molecule has 0 aromatic heterocycles. The third kappa shape index (κ3) is 8.26. The van der Waals surface area contributed by atoms with Crippen molar-refractivity contribution in [2.45, 2.75) is 50.9 Å². The number of benzene rings is 2. The van der Waals surface area contributed by atoms with Crippen LogP contribution in [0, 0.1) is 5.82 Å². The maximum atomic E-state index is 14.7. The van der Waals surface area contributed by atoms with Crippen LogP contribution in [0.1, 0.15) is 48.8 Å². The standard InChI is InChI=1S/C26H34F4N2O3S/c1-20(21-9-4-3-5-10-21)17-31(18-22-11-6-13-24(25(22)27)26(28,29)30)14-8-16-35-23-12-7-15-32(19-23)36(2,33)34/h3-6,9-11,13,20,23H,7-8,12,14-19H2,1-2H3. The summed E-state index contributed by atoms with van der Waals surface area (Å²) in [6.07, 6.45) is -1.67. The van der Waals surface area contributed by atoms with Gasteiger partial charge in [0.2, 0.25) is 10.0 Å². The Morgan fingerprint density at radius 3 is 2.53 bits per heavy atom. The van der Waals surface area contributed by atoms with Gasteiger partial charge in [-0.15, -0.1) is 0 Å². The van der Waals surface area contributed by atoms with Crippen LogP contribution in [0.5, 0.6) is 0 Å². The Morgan fingerprint density at radius 1 is 1.14 bits per heavy atom. The van der Waals surface area contributed by atoms with E-state index in [-0.39, 0.29) is 24.1 Å². The molecule has 0 amide bonds. The van der Waals surface area contributed by atoms with Crippen LogP contribution in [0.4, 0.5) is 17.6 Å². The molecule has 5 nitrogen and oxygen atoms in total. The van der Waals surface area contributed by atoms with Gasteiger partial charge in [-0.2, -0.15) is 17.5 Å². The molecule has 1 fully saturated rings. The molecule has 10 heteroatoms. The zero-order valence-corrected chi connectivity index (χ0v) is 21.5. The van der Waals surface area contributed by atoms with Crippen molar-refractivity contribution in [1.82, 2.24) is 9.21 Å². The Bertz CT molecular complexity index is 1080. The first kappa shape index (κ1) is 28.6. The van der Waals surface area contributed by atoms with Gasteiger partial charge in [0.25, 0.3) is 0 Å². The van der Waals surface area contributed by atoms with Crippen LogP contribution < -0.4 is 0 Å². The molecule has 36 heavy (non-hydrogen) atoms. The van der Waals surface area contributed by atoms with E-state index >= 15 is 0 Å². The highest BCUT2D eigenvalue weighted by atomic mass is 32.2. The van der Waals surface area contributed by atoms with E-state index in [1.54, 1.807) is 0 Å². The molecule has 200 valence electrons. The van der Waals surface area contributed by atoms with E-state index in [1.807, 2.05) is 42.2 Å². The summed E-state index contributed by atoms with van der Waals surface area (Å²) in [6.45, 7) is 4.29. The molecule has 2 atom stereocenters. The van der Waals surface area contributed by atoms with Crippen molar-refractivity contribution in [3.05, 3.63) is 71.0 Å². The fraction of sp³-hybridized carbons (Fsp3) is 0.538. The molecule has 2 aromatic rings. The summed E-state index contributed by atoms with van der Waals surface area (Å²) < 4.78 is 85.4. The molecule has 1 aliphatic heterocycles. The lowest BCUT2D eigenvalue weighted by Gasteiger charge is -2.31. The number of alkyl halides is 3. The van der Waals surface area contributed by atoms with Crippen LogP contribution in [0.25, 0.3) is 0 Å². The van der Waals surface area contributed by atoms with Gasteiger partial charge in [0, 0.05) is 44.9 Å². The molecule has 1 aliphatic rings. The third-order valence-electron chi connectivity index (χ3n) is 6.46. The summed E-state index contributed by atoms with van der Waals surface area (Å²) in [6, 6.07) is 13.2. The Kier molecular flexibility index (Phi) is 9.91. The number of sulfonamides is 1. The normalized spacial score (nSPS) is 18.5. The molecule has 0 spiro atoms. The molecular weight excluding hydrogens is 496 g/mol. The second-order valence-electron chi connectivity index (χ2n) is 9.43. The second kappa shape index (κ2) is 12.5. The Balaban J connectivity index is 1.64. The largest absolute Gasteiger partial charge is 0.419 e. The summed E-state index contributed by atoms with van der Waals surface area (Å²) in [5.74, 6) is -1.15. The van der Waals surface area contributed by atoms with Crippen LogP contribution in [0.15, 0.2) is 48.5 Å². The zero-order valence-electron chi connectivity index (χ0n) is 20.7. The second-order valence-corrected chi connectivity index (χ2v) is 11.4. The topological polar surface area (TPSA) is 49.9 Å². The minimum Gasteiger partial charge on any atom is -0.377 e. The van der Waals surface area contributed by atoms with Crippen molar-refractivity contribution in [3.8, 4) is 0 Å². The lowest BCUT2D eigenvalue weighted by atomic mass is 10.00. The van der Waals surface area contributed by atoms with Crippen molar-refractivity contribution < 1.29 is 30.7 Å². The highest BCUT2D eigenvalue weighted by molar-refractivity contribution is 7.88. The van der Waals surface area contributed by atoms with Gasteiger partial charge in [0.15, 0.2) is 0 Å². The first-order chi connectivity index (χ1) is 16.9. The molecule has 2 aromatic carbocycles.